The molecule has 0 unspecified atom stereocenters. The van der Waals surface area contributed by atoms with Crippen LogP contribution in [0.5, 0.6) is 0 Å². The summed E-state index contributed by atoms with van der Waals surface area (Å²) in [5.74, 6) is -0.981. The second-order valence-corrected chi connectivity index (χ2v) is 1.70. The molecule has 0 atom stereocenters. The van der Waals surface area contributed by atoms with Gasteiger partial charge in [-0.25, -0.2) is 9.59 Å². The molecule has 0 rings (SSSR count). The first-order chi connectivity index (χ1) is 6.45. The molecule has 5 nitrogen and oxygen atoms in total. The highest BCUT2D eigenvalue weighted by Crippen LogP contribution is 1.66. The minimum atomic E-state index is -0.981. The summed E-state index contributed by atoms with van der Waals surface area (Å²) < 4.78 is 4.18. The number of nitrogens with two attached hydrogens (primary N) is 1. The Morgan fingerprint density at radius 2 is 1.79 bits per heavy atom. The highest BCUT2D eigenvalue weighted by Gasteiger charge is 1.82. The maximum atomic E-state index is 9.60. The molecule has 0 aliphatic carbocycles. The molecule has 0 aliphatic heterocycles. The molecular formula is C9H17NO4. The monoisotopic (exact) mass is 203 g/mol. The molecule has 0 aromatic carbocycles. The minimum Gasteiger partial charge on any atom is -0.478 e. The first-order valence-corrected chi connectivity index (χ1v) is 3.80. The fourth-order valence-corrected chi connectivity index (χ4v) is 0.142. The number of carbonyl (C=O) groups is 2. The predicted molar refractivity (Wildman–Crippen MR) is 54.9 cm³/mol. The normalized spacial score (nSPS) is 6.43. The van der Waals surface area contributed by atoms with Crippen molar-refractivity contribution in [1.82, 2.24) is 0 Å². The van der Waals surface area contributed by atoms with Crippen LogP contribution < -0.4 is 5.73 Å². The number of aliphatic carboxylic acids is 1. The third kappa shape index (κ3) is 83.8. The molecular weight excluding hydrogens is 186 g/mol. The Balaban J connectivity index is -0.000000138. The zero-order valence-electron chi connectivity index (χ0n) is 8.53. The Kier molecular flexibility index (Phi) is 22.4. The minimum absolute atomic E-state index is 0.356. The van der Waals surface area contributed by atoms with Crippen LogP contribution in [0.3, 0.4) is 0 Å². The lowest BCUT2D eigenvalue weighted by Crippen LogP contribution is -2.11. The number of carboxylic acid groups (broad SMARTS) is 1. The SMILES string of the molecule is C=CC.C=CC(=O)O.CCOC(N)=O. The molecule has 82 valence electrons. The molecule has 0 bridgehead atoms. The second kappa shape index (κ2) is 17.3. The molecule has 1 amide bonds. The van der Waals surface area contributed by atoms with E-state index >= 15 is 0 Å². The van der Waals surface area contributed by atoms with E-state index in [0.29, 0.717) is 6.61 Å². The van der Waals surface area contributed by atoms with Gasteiger partial charge in [-0.1, -0.05) is 12.7 Å². The van der Waals surface area contributed by atoms with Gasteiger partial charge in [0.1, 0.15) is 0 Å². The molecule has 3 N–H and O–H groups in total. The van der Waals surface area contributed by atoms with Crippen molar-refractivity contribution in [2.24, 2.45) is 5.73 Å². The van der Waals surface area contributed by atoms with Crippen molar-refractivity contribution in [3.63, 3.8) is 0 Å². The van der Waals surface area contributed by atoms with Crippen LogP contribution in [0.1, 0.15) is 13.8 Å². The third-order valence-electron chi connectivity index (χ3n) is 0.461. The van der Waals surface area contributed by atoms with Gasteiger partial charge < -0.3 is 15.6 Å². The van der Waals surface area contributed by atoms with Crippen LogP contribution >= 0.6 is 0 Å². The van der Waals surface area contributed by atoms with Gasteiger partial charge in [0.05, 0.1) is 6.61 Å². The largest absolute Gasteiger partial charge is 0.478 e. The lowest BCUT2D eigenvalue weighted by molar-refractivity contribution is -0.131. The van der Waals surface area contributed by atoms with Crippen molar-refractivity contribution < 1.29 is 19.4 Å². The molecule has 0 spiro atoms. The zero-order valence-corrected chi connectivity index (χ0v) is 8.53. The van der Waals surface area contributed by atoms with E-state index in [1.807, 2.05) is 6.92 Å². The molecule has 0 aliphatic rings. The summed E-state index contributed by atoms with van der Waals surface area (Å²) >= 11 is 0. The lowest BCUT2D eigenvalue weighted by Gasteiger charge is -1.89. The van der Waals surface area contributed by atoms with Crippen molar-refractivity contribution >= 4 is 12.1 Å². The summed E-state index contributed by atoms with van der Waals surface area (Å²) in [6.07, 6.45) is 1.87. The molecule has 0 heterocycles. The molecule has 0 radical (unpaired) electrons. The molecule has 0 saturated carbocycles. The molecule has 5 heteroatoms. The van der Waals surface area contributed by atoms with Gasteiger partial charge in [-0.2, -0.15) is 0 Å². The Bertz CT molecular complexity index is 178. The van der Waals surface area contributed by atoms with E-state index in [9.17, 15) is 9.59 Å². The van der Waals surface area contributed by atoms with Crippen LogP contribution in [-0.2, 0) is 9.53 Å². The summed E-state index contributed by atoms with van der Waals surface area (Å²) in [4.78, 5) is 18.8. The summed E-state index contributed by atoms with van der Waals surface area (Å²) in [5, 5.41) is 7.60. The van der Waals surface area contributed by atoms with Gasteiger partial charge in [0.25, 0.3) is 0 Å². The second-order valence-electron chi connectivity index (χ2n) is 1.70. The fourth-order valence-electron chi connectivity index (χ4n) is 0.142. The number of rotatable bonds is 2. The summed E-state index contributed by atoms with van der Waals surface area (Å²) in [7, 11) is 0. The average Bonchev–Trinajstić information content (AvgIpc) is 2.06. The smallest absolute Gasteiger partial charge is 0.404 e. The number of hydrogen-bond acceptors (Lipinski definition) is 3. The third-order valence-corrected chi connectivity index (χ3v) is 0.461. The van der Waals surface area contributed by atoms with Crippen LogP contribution in [0.4, 0.5) is 4.79 Å². The van der Waals surface area contributed by atoms with Gasteiger partial charge in [-0.05, 0) is 13.8 Å². The Morgan fingerprint density at radius 3 is 1.79 bits per heavy atom. The molecule has 0 aromatic rings. The van der Waals surface area contributed by atoms with Gasteiger partial charge in [-0.15, -0.1) is 6.58 Å². The fraction of sp³-hybridized carbons (Fsp3) is 0.333. The standard InChI is InChI=1S/C3H7NO2.C3H4O2.C3H6/c1-2-6-3(4)5;1-2-3(4)5;1-3-2/h2H2,1H3,(H2,4,5);2H,1H2,(H,4,5);3H,1H2,2H3. The van der Waals surface area contributed by atoms with Gasteiger partial charge in [0.2, 0.25) is 0 Å². The maximum Gasteiger partial charge on any atom is 0.404 e. The first kappa shape index (κ1) is 18.1. The van der Waals surface area contributed by atoms with Gasteiger partial charge in [0, 0.05) is 6.08 Å². The van der Waals surface area contributed by atoms with Crippen LogP contribution in [-0.4, -0.2) is 23.8 Å². The van der Waals surface area contributed by atoms with Crippen LogP contribution in [0.15, 0.2) is 25.3 Å². The van der Waals surface area contributed by atoms with E-state index in [1.165, 1.54) is 0 Å². The van der Waals surface area contributed by atoms with E-state index in [1.54, 1.807) is 13.0 Å². The van der Waals surface area contributed by atoms with E-state index < -0.39 is 12.1 Å². The summed E-state index contributed by atoms with van der Waals surface area (Å²) in [5.41, 5.74) is 4.54. The average molecular weight is 203 g/mol. The summed E-state index contributed by atoms with van der Waals surface area (Å²) in [6, 6.07) is 0. The van der Waals surface area contributed by atoms with Crippen molar-refractivity contribution in [1.29, 1.82) is 0 Å². The van der Waals surface area contributed by atoms with Gasteiger partial charge >= 0.3 is 12.1 Å². The Labute approximate surface area is 83.9 Å². The van der Waals surface area contributed by atoms with Crippen LogP contribution in [0.25, 0.3) is 0 Å². The lowest BCUT2D eigenvalue weighted by atomic mass is 10.7. The zero-order chi connectivity index (χ0) is 12.0. The molecule has 0 aromatic heterocycles. The van der Waals surface area contributed by atoms with E-state index in [2.05, 4.69) is 23.6 Å². The maximum absolute atomic E-state index is 9.60. The topological polar surface area (TPSA) is 89.6 Å². The van der Waals surface area contributed by atoms with Gasteiger partial charge in [-0.3, -0.25) is 0 Å². The highest BCUT2D eigenvalue weighted by atomic mass is 16.5. The van der Waals surface area contributed by atoms with Crippen LogP contribution in [0, 0.1) is 0 Å². The number of primary amides is 1. The van der Waals surface area contributed by atoms with E-state index in [4.69, 9.17) is 5.11 Å². The number of ether oxygens (including phenoxy) is 1. The number of allylic oxidation sites excluding steroid dienone is 1. The predicted octanol–water partition coefficient (Wildman–Crippen LogP) is 1.55. The van der Waals surface area contributed by atoms with E-state index in [0.717, 1.165) is 6.08 Å². The van der Waals surface area contributed by atoms with Crippen molar-refractivity contribution in [3.05, 3.63) is 25.3 Å². The summed E-state index contributed by atoms with van der Waals surface area (Å²) in [6.45, 7) is 10.3. The quantitative estimate of drug-likeness (QED) is 0.526. The van der Waals surface area contributed by atoms with Crippen molar-refractivity contribution in [2.75, 3.05) is 6.61 Å². The van der Waals surface area contributed by atoms with Crippen molar-refractivity contribution in [3.8, 4) is 0 Å². The molecule has 0 saturated heterocycles. The number of carboxylic acids is 1. The van der Waals surface area contributed by atoms with Crippen molar-refractivity contribution in [2.45, 2.75) is 13.8 Å². The molecule has 14 heavy (non-hydrogen) atoms. The Hall–Kier alpha value is -1.78. The molecule has 0 fully saturated rings. The highest BCUT2D eigenvalue weighted by molar-refractivity contribution is 5.78. The first-order valence-electron chi connectivity index (χ1n) is 3.80. The number of hydrogen-bond donors (Lipinski definition) is 2. The van der Waals surface area contributed by atoms with Crippen LogP contribution in [0.2, 0.25) is 0 Å². The number of amides is 1. The Morgan fingerprint density at radius 1 is 1.50 bits per heavy atom. The number of carbonyl (C=O) groups excluding carboxylic acids is 1. The van der Waals surface area contributed by atoms with Gasteiger partial charge in [0.15, 0.2) is 0 Å². The van der Waals surface area contributed by atoms with E-state index in [-0.39, 0.29) is 0 Å².